The number of hydrogen-bond acceptors (Lipinski definition) is 8. The first kappa shape index (κ1) is 21.2. The largest absolute Gasteiger partial charge is 0.378 e. The van der Waals surface area contributed by atoms with E-state index in [0.717, 1.165) is 18.9 Å². The van der Waals surface area contributed by atoms with Crippen molar-refractivity contribution in [3.05, 3.63) is 41.7 Å². The summed E-state index contributed by atoms with van der Waals surface area (Å²) in [6.45, 7) is 6.70. The Labute approximate surface area is 170 Å². The normalized spacial score (nSPS) is 14.6. The van der Waals surface area contributed by atoms with Crippen molar-refractivity contribution in [1.29, 1.82) is 0 Å². The van der Waals surface area contributed by atoms with Crippen LogP contribution in [0.15, 0.2) is 35.2 Å². The molecule has 0 radical (unpaired) electrons. The van der Waals surface area contributed by atoms with Gasteiger partial charge in [0, 0.05) is 37.8 Å². The second kappa shape index (κ2) is 9.29. The third-order valence-electron chi connectivity index (χ3n) is 4.45. The van der Waals surface area contributed by atoms with Gasteiger partial charge in [-0.15, -0.1) is 0 Å². The van der Waals surface area contributed by atoms with Crippen LogP contribution in [0.3, 0.4) is 0 Å². The topological polar surface area (TPSA) is 114 Å². The number of aryl methyl sites for hydroxylation is 1. The zero-order valence-corrected chi connectivity index (χ0v) is 17.3. The zero-order chi connectivity index (χ0) is 20.9. The summed E-state index contributed by atoms with van der Waals surface area (Å²) in [4.78, 5) is 22.4. The maximum absolute atomic E-state index is 12.4. The molecule has 3 rings (SSSR count). The van der Waals surface area contributed by atoms with Crippen LogP contribution >= 0.6 is 0 Å². The number of nitrogens with one attached hydrogen (secondary N) is 2. The molecule has 0 unspecified atom stereocenters. The van der Waals surface area contributed by atoms with Crippen molar-refractivity contribution in [1.82, 2.24) is 14.7 Å². The van der Waals surface area contributed by atoms with Crippen LogP contribution in [0, 0.1) is 6.92 Å². The second-order valence-corrected chi connectivity index (χ2v) is 8.43. The van der Waals surface area contributed by atoms with Crippen LogP contribution in [0.1, 0.15) is 23.1 Å². The van der Waals surface area contributed by atoms with Gasteiger partial charge in [-0.3, -0.25) is 4.79 Å². The number of Topliss-reactive ketones (excluding diaryl/α,β-unsaturated/α-hetero) is 1. The van der Waals surface area contributed by atoms with Crippen LogP contribution in [0.4, 0.5) is 11.6 Å². The van der Waals surface area contributed by atoms with Gasteiger partial charge in [0.2, 0.25) is 10.0 Å². The van der Waals surface area contributed by atoms with Crippen molar-refractivity contribution in [2.45, 2.75) is 18.7 Å². The van der Waals surface area contributed by atoms with E-state index >= 15 is 0 Å². The Kier molecular flexibility index (Phi) is 6.78. The minimum absolute atomic E-state index is 0.109. The minimum atomic E-state index is -3.65. The van der Waals surface area contributed by atoms with E-state index in [-0.39, 0.29) is 17.2 Å². The van der Waals surface area contributed by atoms with Crippen molar-refractivity contribution in [2.75, 3.05) is 49.6 Å². The van der Waals surface area contributed by atoms with E-state index in [9.17, 15) is 13.2 Å². The second-order valence-electron chi connectivity index (χ2n) is 6.66. The van der Waals surface area contributed by atoms with E-state index < -0.39 is 10.0 Å². The van der Waals surface area contributed by atoms with Crippen molar-refractivity contribution < 1.29 is 17.9 Å². The van der Waals surface area contributed by atoms with Gasteiger partial charge in [0.1, 0.15) is 17.5 Å². The number of ketones is 1. The smallest absolute Gasteiger partial charge is 0.240 e. The van der Waals surface area contributed by atoms with Gasteiger partial charge in [-0.25, -0.2) is 23.1 Å². The fraction of sp³-hybridized carbons (Fsp3) is 0.421. The third kappa shape index (κ3) is 5.72. The summed E-state index contributed by atoms with van der Waals surface area (Å²) in [5.74, 6) is 2.00. The first-order valence-corrected chi connectivity index (χ1v) is 10.9. The van der Waals surface area contributed by atoms with E-state index in [0.29, 0.717) is 37.0 Å². The average Bonchev–Trinajstić information content (AvgIpc) is 2.71. The van der Waals surface area contributed by atoms with E-state index in [1.165, 1.54) is 31.2 Å². The van der Waals surface area contributed by atoms with E-state index in [2.05, 4.69) is 24.9 Å². The summed E-state index contributed by atoms with van der Waals surface area (Å²) in [5, 5.41) is 3.13. The maximum atomic E-state index is 12.4. The Hall–Kier alpha value is -2.56. The first-order valence-electron chi connectivity index (χ1n) is 9.38. The van der Waals surface area contributed by atoms with Gasteiger partial charge in [0.25, 0.3) is 0 Å². The Morgan fingerprint density at radius 1 is 1.14 bits per heavy atom. The number of nitrogens with zero attached hydrogens (tertiary/aromatic N) is 3. The molecule has 10 heteroatoms. The quantitative estimate of drug-likeness (QED) is 0.485. The number of carbonyl (C=O) groups excluding carboxylic acids is 1. The molecular weight excluding hydrogens is 394 g/mol. The zero-order valence-electron chi connectivity index (χ0n) is 16.5. The van der Waals surface area contributed by atoms with E-state index in [1.54, 1.807) is 0 Å². The fourth-order valence-electron chi connectivity index (χ4n) is 2.93. The molecule has 1 saturated heterocycles. The molecule has 2 heterocycles. The third-order valence-corrected chi connectivity index (χ3v) is 5.93. The van der Waals surface area contributed by atoms with Gasteiger partial charge in [0.15, 0.2) is 5.78 Å². The average molecular weight is 420 g/mol. The van der Waals surface area contributed by atoms with Crippen molar-refractivity contribution in [3.8, 4) is 0 Å². The monoisotopic (exact) mass is 419 g/mol. The number of carbonyl (C=O) groups is 1. The number of morpholine rings is 1. The molecule has 0 spiro atoms. The Bertz CT molecular complexity index is 957. The number of anilines is 2. The number of sulfonamides is 1. The van der Waals surface area contributed by atoms with Crippen molar-refractivity contribution in [2.24, 2.45) is 0 Å². The summed E-state index contributed by atoms with van der Waals surface area (Å²) in [6.07, 6.45) is 0. The lowest BCUT2D eigenvalue weighted by Crippen LogP contribution is -2.37. The highest BCUT2D eigenvalue weighted by Crippen LogP contribution is 2.17. The first-order chi connectivity index (χ1) is 13.8. The molecule has 1 aliphatic rings. The van der Waals surface area contributed by atoms with Gasteiger partial charge in [-0.1, -0.05) is 12.1 Å². The van der Waals surface area contributed by atoms with Crippen LogP contribution in [0.25, 0.3) is 0 Å². The molecule has 156 valence electrons. The van der Waals surface area contributed by atoms with Crippen LogP contribution in [-0.2, 0) is 14.8 Å². The molecule has 2 aromatic rings. The number of ether oxygens (including phenoxy) is 1. The van der Waals surface area contributed by atoms with E-state index in [1.807, 2.05) is 13.0 Å². The number of rotatable bonds is 8. The van der Waals surface area contributed by atoms with Crippen molar-refractivity contribution in [3.63, 3.8) is 0 Å². The lowest BCUT2D eigenvalue weighted by atomic mass is 10.2. The summed E-state index contributed by atoms with van der Waals surface area (Å²) >= 11 is 0. The Morgan fingerprint density at radius 2 is 1.83 bits per heavy atom. The van der Waals surface area contributed by atoms with Gasteiger partial charge >= 0.3 is 0 Å². The molecule has 1 aromatic heterocycles. The standard InChI is InChI=1S/C19H25N5O4S/c1-14(25)16-3-5-17(6-4-16)29(26,27)21-8-7-20-18-13-19(23-15(2)22-18)24-9-11-28-12-10-24/h3-6,13,21H,7-12H2,1-2H3,(H,20,22,23). The number of benzene rings is 1. The highest BCUT2D eigenvalue weighted by atomic mass is 32.2. The molecule has 0 amide bonds. The van der Waals surface area contributed by atoms with Gasteiger partial charge < -0.3 is 15.0 Å². The van der Waals surface area contributed by atoms with Crippen LogP contribution in [-0.4, -0.2) is 63.6 Å². The summed E-state index contributed by atoms with van der Waals surface area (Å²) in [5.41, 5.74) is 0.473. The van der Waals surface area contributed by atoms with Gasteiger partial charge in [0.05, 0.1) is 18.1 Å². The highest BCUT2D eigenvalue weighted by molar-refractivity contribution is 7.89. The number of aromatic nitrogens is 2. The molecule has 1 aliphatic heterocycles. The molecular formula is C19H25N5O4S. The van der Waals surface area contributed by atoms with Crippen LogP contribution in [0.5, 0.6) is 0 Å². The highest BCUT2D eigenvalue weighted by Gasteiger charge is 2.15. The maximum Gasteiger partial charge on any atom is 0.240 e. The molecule has 0 saturated carbocycles. The lowest BCUT2D eigenvalue weighted by molar-refractivity contribution is 0.101. The minimum Gasteiger partial charge on any atom is -0.378 e. The molecule has 9 nitrogen and oxygen atoms in total. The molecule has 29 heavy (non-hydrogen) atoms. The SMILES string of the molecule is CC(=O)c1ccc(S(=O)(=O)NCCNc2cc(N3CCOCC3)nc(C)n2)cc1. The summed E-state index contributed by atoms with van der Waals surface area (Å²) in [7, 11) is -3.65. The molecule has 1 fully saturated rings. The van der Waals surface area contributed by atoms with Crippen LogP contribution < -0.4 is 14.9 Å². The predicted octanol–water partition coefficient (Wildman–Crippen LogP) is 1.21. The lowest BCUT2D eigenvalue weighted by Gasteiger charge is -2.28. The molecule has 1 aromatic carbocycles. The summed E-state index contributed by atoms with van der Waals surface area (Å²) < 4.78 is 32.6. The fourth-order valence-corrected chi connectivity index (χ4v) is 3.96. The summed E-state index contributed by atoms with van der Waals surface area (Å²) in [6, 6.07) is 7.72. The number of hydrogen-bond donors (Lipinski definition) is 2. The van der Waals surface area contributed by atoms with Gasteiger partial charge in [-0.05, 0) is 26.0 Å². The Balaban J connectivity index is 1.55. The molecule has 0 bridgehead atoms. The Morgan fingerprint density at radius 3 is 2.48 bits per heavy atom. The van der Waals surface area contributed by atoms with Gasteiger partial charge in [-0.2, -0.15) is 0 Å². The van der Waals surface area contributed by atoms with Crippen molar-refractivity contribution >= 4 is 27.4 Å². The molecule has 2 N–H and O–H groups in total. The predicted molar refractivity (Wildman–Crippen MR) is 110 cm³/mol. The van der Waals surface area contributed by atoms with Crippen LogP contribution in [0.2, 0.25) is 0 Å². The van der Waals surface area contributed by atoms with E-state index in [4.69, 9.17) is 4.74 Å². The molecule has 0 atom stereocenters. The molecule has 0 aliphatic carbocycles.